The van der Waals surface area contributed by atoms with Crippen LogP contribution in [0.3, 0.4) is 0 Å². The predicted molar refractivity (Wildman–Crippen MR) is 88.3 cm³/mol. The average Bonchev–Trinajstić information content (AvgIpc) is 3.17. The molecule has 0 saturated heterocycles. The minimum atomic E-state index is -0.939. The lowest BCUT2D eigenvalue weighted by atomic mass is 10.2. The fourth-order valence-corrected chi connectivity index (χ4v) is 2.69. The summed E-state index contributed by atoms with van der Waals surface area (Å²) >= 11 is 1.20. The summed E-state index contributed by atoms with van der Waals surface area (Å²) in [6.45, 7) is 0. The largest absolute Gasteiger partial charge is 0.298 e. The fourth-order valence-electron chi connectivity index (χ4n) is 1.96. The van der Waals surface area contributed by atoms with E-state index < -0.39 is 11.6 Å². The number of carbonyl (C=O) groups excluding carboxylic acids is 1. The smallest absolute Gasteiger partial charge is 0.250 e. The zero-order valence-electron chi connectivity index (χ0n) is 12.5. The Hall–Kier alpha value is -2.87. The molecule has 122 valence electrons. The maximum Gasteiger partial charge on any atom is 0.250 e. The molecule has 0 unspecified atom stereocenters. The molecule has 0 atom stereocenters. The number of nitrogens with zero attached hydrogens (tertiary/aromatic N) is 3. The van der Waals surface area contributed by atoms with Crippen LogP contribution in [0.1, 0.15) is 5.56 Å². The molecule has 1 aromatic carbocycles. The number of halogens is 2. The van der Waals surface area contributed by atoms with Crippen LogP contribution in [0.25, 0.3) is 17.3 Å². The zero-order chi connectivity index (χ0) is 17.1. The van der Waals surface area contributed by atoms with Crippen molar-refractivity contribution in [3.8, 4) is 11.3 Å². The first-order chi connectivity index (χ1) is 11.5. The molecular weight excluding hydrogens is 334 g/mol. The molecule has 2 heterocycles. The Morgan fingerprint density at radius 3 is 2.88 bits per heavy atom. The Balaban J connectivity index is 1.68. The molecular formula is C16H12F2N4OS. The molecule has 1 amide bonds. The third-order valence-corrected chi connectivity index (χ3v) is 3.86. The summed E-state index contributed by atoms with van der Waals surface area (Å²) in [5.41, 5.74) is 1.70. The molecule has 3 aromatic rings. The molecule has 3 rings (SSSR count). The van der Waals surface area contributed by atoms with Crippen LogP contribution in [-0.2, 0) is 11.8 Å². The van der Waals surface area contributed by atoms with Gasteiger partial charge in [-0.25, -0.2) is 13.8 Å². The van der Waals surface area contributed by atoms with Gasteiger partial charge in [-0.1, -0.05) is 0 Å². The van der Waals surface area contributed by atoms with Gasteiger partial charge in [-0.3, -0.25) is 14.8 Å². The van der Waals surface area contributed by atoms with Gasteiger partial charge >= 0.3 is 0 Å². The van der Waals surface area contributed by atoms with Crippen LogP contribution in [0.2, 0.25) is 0 Å². The number of nitrogens with one attached hydrogen (secondary N) is 1. The number of aryl methyl sites for hydroxylation is 1. The number of carbonyl (C=O) groups is 1. The van der Waals surface area contributed by atoms with Gasteiger partial charge in [-0.15, -0.1) is 11.3 Å². The van der Waals surface area contributed by atoms with Crippen molar-refractivity contribution in [2.75, 3.05) is 5.32 Å². The van der Waals surface area contributed by atoms with Crippen molar-refractivity contribution in [2.45, 2.75) is 0 Å². The van der Waals surface area contributed by atoms with Crippen LogP contribution in [0, 0.1) is 11.6 Å². The normalized spacial score (nSPS) is 11.1. The van der Waals surface area contributed by atoms with E-state index in [0.717, 1.165) is 17.7 Å². The second kappa shape index (κ2) is 6.71. The fraction of sp³-hybridized carbons (Fsp3) is 0.0625. The summed E-state index contributed by atoms with van der Waals surface area (Å²) in [6.07, 6.45) is 6.41. The van der Waals surface area contributed by atoms with Crippen LogP contribution in [0.15, 0.2) is 42.0 Å². The van der Waals surface area contributed by atoms with Gasteiger partial charge in [-0.05, 0) is 24.3 Å². The van der Waals surface area contributed by atoms with Gasteiger partial charge < -0.3 is 0 Å². The second-order valence-electron chi connectivity index (χ2n) is 4.94. The maximum absolute atomic E-state index is 13.3. The van der Waals surface area contributed by atoms with Gasteiger partial charge in [0.25, 0.3) is 0 Å². The molecule has 0 saturated carbocycles. The van der Waals surface area contributed by atoms with Crippen molar-refractivity contribution in [1.29, 1.82) is 0 Å². The summed E-state index contributed by atoms with van der Waals surface area (Å²) in [6, 6.07) is 3.54. The van der Waals surface area contributed by atoms with E-state index in [-0.39, 0.29) is 5.91 Å². The quantitative estimate of drug-likeness (QED) is 0.736. The third-order valence-electron chi connectivity index (χ3n) is 3.10. The molecule has 0 fully saturated rings. The van der Waals surface area contributed by atoms with Crippen molar-refractivity contribution in [1.82, 2.24) is 14.8 Å². The Kier molecular flexibility index (Phi) is 4.48. The lowest BCUT2D eigenvalue weighted by Crippen LogP contribution is -2.07. The molecule has 1 N–H and O–H groups in total. The highest BCUT2D eigenvalue weighted by Gasteiger charge is 2.09. The first kappa shape index (κ1) is 16.0. The molecule has 5 nitrogen and oxygen atoms in total. The Labute approximate surface area is 140 Å². The van der Waals surface area contributed by atoms with Crippen molar-refractivity contribution in [2.24, 2.45) is 7.05 Å². The second-order valence-corrected chi connectivity index (χ2v) is 5.79. The molecule has 8 heteroatoms. The van der Waals surface area contributed by atoms with Crippen LogP contribution >= 0.6 is 11.3 Å². The molecule has 0 aliphatic carbocycles. The van der Waals surface area contributed by atoms with Crippen LogP contribution in [-0.4, -0.2) is 20.7 Å². The summed E-state index contributed by atoms with van der Waals surface area (Å²) < 4.78 is 27.8. The van der Waals surface area contributed by atoms with E-state index in [1.54, 1.807) is 35.6 Å². The molecule has 2 aromatic heterocycles. The van der Waals surface area contributed by atoms with Gasteiger partial charge in [-0.2, -0.15) is 5.10 Å². The number of aromatic nitrogens is 3. The highest BCUT2D eigenvalue weighted by atomic mass is 32.1. The predicted octanol–water partition coefficient (Wildman–Crippen LogP) is 3.47. The monoisotopic (exact) mass is 346 g/mol. The highest BCUT2D eigenvalue weighted by molar-refractivity contribution is 7.14. The standard InChI is InChI=1S/C16H12F2N4OS/c1-22-8-10(7-19-22)2-5-15(23)21-16-20-14(9-24-16)11-3-4-12(17)13(18)6-11/h2-9H,1H3,(H,20,21,23)/b5-2+. The summed E-state index contributed by atoms with van der Waals surface area (Å²) in [5, 5.41) is 8.65. The van der Waals surface area contributed by atoms with Gasteiger partial charge in [0.2, 0.25) is 5.91 Å². The summed E-state index contributed by atoms with van der Waals surface area (Å²) in [5.74, 6) is -2.20. The lowest BCUT2D eigenvalue weighted by Gasteiger charge is -1.98. The number of rotatable bonds is 4. The highest BCUT2D eigenvalue weighted by Crippen LogP contribution is 2.26. The minimum absolute atomic E-state index is 0.343. The van der Waals surface area contributed by atoms with E-state index in [4.69, 9.17) is 0 Å². The maximum atomic E-state index is 13.3. The van der Waals surface area contributed by atoms with E-state index in [2.05, 4.69) is 15.4 Å². The molecule has 0 radical (unpaired) electrons. The van der Waals surface area contributed by atoms with Crippen molar-refractivity contribution in [3.63, 3.8) is 0 Å². The number of hydrogen-bond acceptors (Lipinski definition) is 4. The minimum Gasteiger partial charge on any atom is -0.298 e. The average molecular weight is 346 g/mol. The topological polar surface area (TPSA) is 59.8 Å². The van der Waals surface area contributed by atoms with Gasteiger partial charge in [0.1, 0.15) is 0 Å². The van der Waals surface area contributed by atoms with E-state index in [9.17, 15) is 13.6 Å². The number of hydrogen-bond donors (Lipinski definition) is 1. The number of anilines is 1. The Morgan fingerprint density at radius 1 is 1.33 bits per heavy atom. The van der Waals surface area contributed by atoms with Gasteiger partial charge in [0.05, 0.1) is 11.9 Å². The first-order valence-corrected chi connectivity index (χ1v) is 7.78. The number of amides is 1. The Bertz CT molecular complexity index is 916. The van der Waals surface area contributed by atoms with Crippen molar-refractivity contribution in [3.05, 3.63) is 59.2 Å². The van der Waals surface area contributed by atoms with Gasteiger partial charge in [0, 0.05) is 35.8 Å². The van der Waals surface area contributed by atoms with Crippen LogP contribution in [0.5, 0.6) is 0 Å². The Morgan fingerprint density at radius 2 is 2.17 bits per heavy atom. The van der Waals surface area contributed by atoms with Crippen LogP contribution in [0.4, 0.5) is 13.9 Å². The molecule has 0 aliphatic heterocycles. The number of thiazole rings is 1. The molecule has 0 spiro atoms. The summed E-state index contributed by atoms with van der Waals surface area (Å²) in [7, 11) is 1.78. The zero-order valence-corrected chi connectivity index (χ0v) is 13.3. The first-order valence-electron chi connectivity index (χ1n) is 6.90. The summed E-state index contributed by atoms with van der Waals surface area (Å²) in [4.78, 5) is 16.1. The van der Waals surface area contributed by atoms with E-state index in [0.29, 0.717) is 16.4 Å². The van der Waals surface area contributed by atoms with Crippen molar-refractivity contribution >= 4 is 28.5 Å². The van der Waals surface area contributed by atoms with E-state index in [1.165, 1.54) is 23.5 Å². The van der Waals surface area contributed by atoms with Crippen molar-refractivity contribution < 1.29 is 13.6 Å². The van der Waals surface area contributed by atoms with Gasteiger partial charge in [0.15, 0.2) is 16.8 Å². The lowest BCUT2D eigenvalue weighted by molar-refractivity contribution is -0.111. The molecule has 24 heavy (non-hydrogen) atoms. The molecule has 0 aliphatic rings. The third kappa shape index (κ3) is 3.72. The van der Waals surface area contributed by atoms with E-state index in [1.807, 2.05) is 0 Å². The SMILES string of the molecule is Cn1cc(/C=C/C(=O)Nc2nc(-c3ccc(F)c(F)c3)cs2)cn1. The van der Waals surface area contributed by atoms with Crippen LogP contribution < -0.4 is 5.32 Å². The molecule has 0 bridgehead atoms. The number of benzene rings is 1. The van der Waals surface area contributed by atoms with E-state index >= 15 is 0 Å².